The number of nitrogens with one attached hydrogen (secondary N) is 2. The Balaban J connectivity index is 0.00000288. The molecule has 0 saturated carbocycles. The summed E-state index contributed by atoms with van der Waals surface area (Å²) in [5.41, 5.74) is -0.514. The largest absolute Gasteiger partial charge is 0.434 e. The molecule has 0 aromatic heterocycles. The molecule has 1 fully saturated rings. The maximum atomic E-state index is 12.5. The highest BCUT2D eigenvalue weighted by Gasteiger charge is 2.39. The standard InChI is InChI=1S/C15H19ClF2N2O3.ClH/c1-22-15(4-6-19-7-5-15)13(21)20-9-10-8-11(16)2-3-12(10)23-14(17)18;/h2-3,8,14,19H,4-7,9H2,1H3,(H,20,21);1H. The third-order valence-electron chi connectivity index (χ3n) is 3.89. The van der Waals surface area contributed by atoms with Gasteiger partial charge in [-0.25, -0.2) is 0 Å². The Morgan fingerprint density at radius 3 is 2.67 bits per heavy atom. The van der Waals surface area contributed by atoms with Crippen molar-refractivity contribution in [1.82, 2.24) is 10.6 Å². The maximum Gasteiger partial charge on any atom is 0.387 e. The first-order chi connectivity index (χ1) is 11.0. The van der Waals surface area contributed by atoms with Gasteiger partial charge in [0.2, 0.25) is 0 Å². The quantitative estimate of drug-likeness (QED) is 0.791. The molecule has 0 radical (unpaired) electrons. The van der Waals surface area contributed by atoms with Gasteiger partial charge in [-0.05, 0) is 44.1 Å². The van der Waals surface area contributed by atoms with E-state index in [1.54, 1.807) is 0 Å². The van der Waals surface area contributed by atoms with E-state index in [0.29, 0.717) is 36.5 Å². The average Bonchev–Trinajstić information content (AvgIpc) is 2.55. The van der Waals surface area contributed by atoms with E-state index in [1.165, 1.54) is 25.3 Å². The number of amides is 1. The number of hydrogen-bond acceptors (Lipinski definition) is 4. The summed E-state index contributed by atoms with van der Waals surface area (Å²) in [5, 5.41) is 6.26. The monoisotopic (exact) mass is 384 g/mol. The van der Waals surface area contributed by atoms with Crippen LogP contribution in [-0.2, 0) is 16.1 Å². The maximum absolute atomic E-state index is 12.5. The Bertz CT molecular complexity index is 556. The summed E-state index contributed by atoms with van der Waals surface area (Å²) in [4.78, 5) is 12.5. The second-order valence-electron chi connectivity index (χ2n) is 5.26. The zero-order chi connectivity index (χ0) is 16.9. The Morgan fingerprint density at radius 2 is 2.08 bits per heavy atom. The number of carbonyl (C=O) groups excluding carboxylic acids is 1. The van der Waals surface area contributed by atoms with Crippen LogP contribution in [0, 0.1) is 0 Å². The number of piperidine rings is 1. The molecule has 1 saturated heterocycles. The lowest BCUT2D eigenvalue weighted by Gasteiger charge is -2.34. The molecule has 136 valence electrons. The lowest BCUT2D eigenvalue weighted by atomic mass is 9.91. The van der Waals surface area contributed by atoms with Crippen molar-refractivity contribution in [3.8, 4) is 5.75 Å². The van der Waals surface area contributed by atoms with Crippen LogP contribution >= 0.6 is 24.0 Å². The van der Waals surface area contributed by atoms with Gasteiger partial charge in [-0.2, -0.15) is 8.78 Å². The number of alkyl halides is 2. The van der Waals surface area contributed by atoms with Crippen molar-refractivity contribution in [2.24, 2.45) is 0 Å². The summed E-state index contributed by atoms with van der Waals surface area (Å²) in [6.45, 7) is -1.56. The minimum Gasteiger partial charge on any atom is -0.434 e. The lowest BCUT2D eigenvalue weighted by molar-refractivity contribution is -0.146. The minimum absolute atomic E-state index is 0. The van der Waals surface area contributed by atoms with Gasteiger partial charge in [0, 0.05) is 24.2 Å². The molecule has 1 aromatic rings. The van der Waals surface area contributed by atoms with Crippen LogP contribution in [0.15, 0.2) is 18.2 Å². The summed E-state index contributed by atoms with van der Waals surface area (Å²) < 4.78 is 34.7. The zero-order valence-corrected chi connectivity index (χ0v) is 14.7. The van der Waals surface area contributed by atoms with Gasteiger partial charge in [0.1, 0.15) is 11.4 Å². The van der Waals surface area contributed by atoms with Crippen molar-refractivity contribution < 1.29 is 23.0 Å². The molecule has 24 heavy (non-hydrogen) atoms. The molecule has 9 heteroatoms. The van der Waals surface area contributed by atoms with E-state index in [-0.39, 0.29) is 30.6 Å². The predicted molar refractivity (Wildman–Crippen MR) is 89.0 cm³/mol. The summed E-state index contributed by atoms with van der Waals surface area (Å²) in [5.74, 6) is -0.286. The Kier molecular flexibility index (Phi) is 8.15. The van der Waals surface area contributed by atoms with Crippen LogP contribution in [0.1, 0.15) is 18.4 Å². The van der Waals surface area contributed by atoms with E-state index in [2.05, 4.69) is 15.4 Å². The van der Waals surface area contributed by atoms with Gasteiger partial charge < -0.3 is 20.1 Å². The molecule has 1 amide bonds. The minimum atomic E-state index is -2.94. The molecule has 0 atom stereocenters. The SMILES string of the molecule is COC1(C(=O)NCc2cc(Cl)ccc2OC(F)F)CCNCC1.Cl. The summed E-state index contributed by atoms with van der Waals surface area (Å²) in [6.07, 6.45) is 1.09. The average molecular weight is 385 g/mol. The van der Waals surface area contributed by atoms with E-state index < -0.39 is 12.2 Å². The van der Waals surface area contributed by atoms with Crippen LogP contribution in [0.5, 0.6) is 5.75 Å². The molecule has 1 aliphatic rings. The van der Waals surface area contributed by atoms with Crippen molar-refractivity contribution >= 4 is 29.9 Å². The molecular formula is C15H20Cl2F2N2O3. The second-order valence-corrected chi connectivity index (χ2v) is 5.70. The van der Waals surface area contributed by atoms with Gasteiger partial charge in [0.25, 0.3) is 5.91 Å². The first-order valence-corrected chi connectivity index (χ1v) is 7.62. The third-order valence-corrected chi connectivity index (χ3v) is 4.13. The van der Waals surface area contributed by atoms with Gasteiger partial charge >= 0.3 is 6.61 Å². The van der Waals surface area contributed by atoms with Crippen molar-refractivity contribution in [1.29, 1.82) is 0 Å². The van der Waals surface area contributed by atoms with Crippen molar-refractivity contribution in [2.45, 2.75) is 31.6 Å². The Hall–Kier alpha value is -1.15. The highest BCUT2D eigenvalue weighted by Crippen LogP contribution is 2.26. The van der Waals surface area contributed by atoms with Crippen LogP contribution in [0.4, 0.5) is 8.78 Å². The highest BCUT2D eigenvalue weighted by molar-refractivity contribution is 6.30. The summed E-state index contributed by atoms with van der Waals surface area (Å²) in [7, 11) is 1.50. The predicted octanol–water partition coefficient (Wildman–Crippen LogP) is 2.75. The van der Waals surface area contributed by atoms with Crippen LogP contribution in [0.2, 0.25) is 5.02 Å². The van der Waals surface area contributed by atoms with Gasteiger partial charge in [-0.1, -0.05) is 11.6 Å². The number of halogens is 4. The van der Waals surface area contributed by atoms with E-state index in [4.69, 9.17) is 16.3 Å². The van der Waals surface area contributed by atoms with E-state index in [0.717, 1.165) is 0 Å². The molecule has 0 bridgehead atoms. The van der Waals surface area contributed by atoms with Crippen LogP contribution in [-0.4, -0.2) is 38.3 Å². The number of rotatable bonds is 6. The molecule has 1 aromatic carbocycles. The topological polar surface area (TPSA) is 59.6 Å². The van der Waals surface area contributed by atoms with Gasteiger partial charge in [0.15, 0.2) is 0 Å². The molecule has 5 nitrogen and oxygen atoms in total. The number of ether oxygens (including phenoxy) is 2. The van der Waals surface area contributed by atoms with Crippen LogP contribution in [0.25, 0.3) is 0 Å². The summed E-state index contributed by atoms with van der Waals surface area (Å²) >= 11 is 5.88. The van der Waals surface area contributed by atoms with Gasteiger partial charge in [-0.15, -0.1) is 12.4 Å². The molecule has 1 heterocycles. The van der Waals surface area contributed by atoms with Crippen LogP contribution < -0.4 is 15.4 Å². The molecule has 0 spiro atoms. The van der Waals surface area contributed by atoms with E-state index in [9.17, 15) is 13.6 Å². The fourth-order valence-electron chi connectivity index (χ4n) is 2.59. The first kappa shape index (κ1) is 20.9. The number of hydrogen-bond donors (Lipinski definition) is 2. The molecule has 0 aliphatic carbocycles. The summed E-state index contributed by atoms with van der Waals surface area (Å²) in [6, 6.07) is 4.29. The van der Waals surface area contributed by atoms with Gasteiger partial charge in [0.05, 0.1) is 0 Å². The Morgan fingerprint density at radius 1 is 1.42 bits per heavy atom. The number of benzene rings is 1. The van der Waals surface area contributed by atoms with Crippen LogP contribution in [0.3, 0.4) is 0 Å². The molecule has 1 aliphatic heterocycles. The molecular weight excluding hydrogens is 365 g/mol. The van der Waals surface area contributed by atoms with E-state index >= 15 is 0 Å². The zero-order valence-electron chi connectivity index (χ0n) is 13.1. The Labute approximate surface area is 150 Å². The number of carbonyl (C=O) groups is 1. The fraction of sp³-hybridized carbons (Fsp3) is 0.533. The highest BCUT2D eigenvalue weighted by atomic mass is 35.5. The van der Waals surface area contributed by atoms with Crippen molar-refractivity contribution in [3.63, 3.8) is 0 Å². The van der Waals surface area contributed by atoms with Crippen molar-refractivity contribution in [2.75, 3.05) is 20.2 Å². The fourth-order valence-corrected chi connectivity index (χ4v) is 2.78. The first-order valence-electron chi connectivity index (χ1n) is 7.24. The molecule has 2 N–H and O–H groups in total. The third kappa shape index (κ3) is 5.17. The smallest absolute Gasteiger partial charge is 0.387 e. The van der Waals surface area contributed by atoms with Gasteiger partial charge in [-0.3, -0.25) is 4.79 Å². The normalized spacial score (nSPS) is 16.4. The second kappa shape index (κ2) is 9.36. The number of methoxy groups -OCH3 is 1. The molecule has 2 rings (SSSR count). The molecule has 0 unspecified atom stereocenters. The lowest BCUT2D eigenvalue weighted by Crippen LogP contribution is -2.53. The van der Waals surface area contributed by atoms with E-state index in [1.807, 2.05) is 0 Å². The van der Waals surface area contributed by atoms with Crippen molar-refractivity contribution in [3.05, 3.63) is 28.8 Å².